The lowest BCUT2D eigenvalue weighted by molar-refractivity contribution is -0.139. The number of carbonyl (C=O) groups excluding carboxylic acids is 3. The number of carbonyl (C=O) groups is 3. The molecule has 1 saturated heterocycles. The van der Waals surface area contributed by atoms with Gasteiger partial charge in [-0.15, -0.1) is 0 Å². The molecule has 1 aliphatic rings. The molecule has 2 aromatic rings. The van der Waals surface area contributed by atoms with Crippen molar-refractivity contribution >= 4 is 23.6 Å². The molecule has 2 unspecified atom stereocenters. The number of aromatic nitrogens is 2. The van der Waals surface area contributed by atoms with Crippen LogP contribution in [0.2, 0.25) is 0 Å². The van der Waals surface area contributed by atoms with Gasteiger partial charge in [0.2, 0.25) is 0 Å². The molecule has 33 heavy (non-hydrogen) atoms. The first-order valence-electron chi connectivity index (χ1n) is 11.3. The van der Waals surface area contributed by atoms with E-state index in [2.05, 4.69) is 24.3 Å². The van der Waals surface area contributed by atoms with Gasteiger partial charge in [0, 0.05) is 24.2 Å². The maximum absolute atomic E-state index is 12.6. The lowest BCUT2D eigenvalue weighted by Gasteiger charge is -2.38. The molecule has 1 N–H and O–H groups in total. The lowest BCUT2D eigenvalue weighted by atomic mass is 9.97. The molecule has 0 radical (unpaired) electrons. The number of amides is 2. The van der Waals surface area contributed by atoms with E-state index < -0.39 is 18.5 Å². The highest BCUT2D eigenvalue weighted by atomic mass is 16.5. The van der Waals surface area contributed by atoms with E-state index in [0.717, 1.165) is 19.3 Å². The molecule has 0 bridgehead atoms. The minimum absolute atomic E-state index is 0.0389. The summed E-state index contributed by atoms with van der Waals surface area (Å²) in [6.45, 7) is 7.55. The molecule has 2 atom stereocenters. The van der Waals surface area contributed by atoms with Crippen LogP contribution in [-0.2, 0) is 14.3 Å². The number of rotatable bonds is 8. The number of nitrogens with zero attached hydrogens (tertiary/aromatic N) is 3. The molecule has 1 aromatic carbocycles. The molecule has 9 nitrogen and oxygen atoms in total. The third-order valence-corrected chi connectivity index (χ3v) is 5.70. The molecule has 2 amide bonds. The van der Waals surface area contributed by atoms with Crippen molar-refractivity contribution in [1.29, 1.82) is 0 Å². The molecule has 1 aromatic heterocycles. The molecule has 0 saturated carbocycles. The Bertz CT molecular complexity index is 959. The molecule has 2 heterocycles. The van der Waals surface area contributed by atoms with E-state index in [4.69, 9.17) is 9.47 Å². The molecule has 1 aliphatic heterocycles. The third kappa shape index (κ3) is 6.34. The Kier molecular flexibility index (Phi) is 8.08. The first-order valence-corrected chi connectivity index (χ1v) is 11.3. The van der Waals surface area contributed by atoms with Crippen LogP contribution >= 0.6 is 0 Å². The van der Waals surface area contributed by atoms with Crippen LogP contribution in [0, 0.1) is 0 Å². The summed E-state index contributed by atoms with van der Waals surface area (Å²) in [6.07, 6.45) is 4.74. The van der Waals surface area contributed by atoms with Crippen LogP contribution in [0.25, 0.3) is 0 Å². The SMILES string of the molecule is CC1CCCC(C)N1C(=O)COc1ccc(C(=O)OCC(=O)Nc2ccnn2C(C)C)cc1. The van der Waals surface area contributed by atoms with E-state index in [-0.39, 0.29) is 36.2 Å². The summed E-state index contributed by atoms with van der Waals surface area (Å²) in [5.74, 6) is -0.0955. The molecule has 0 aliphatic carbocycles. The zero-order valence-electron chi connectivity index (χ0n) is 19.6. The number of hydrogen-bond donors (Lipinski definition) is 1. The summed E-state index contributed by atoms with van der Waals surface area (Å²) in [5.41, 5.74) is 0.284. The van der Waals surface area contributed by atoms with E-state index >= 15 is 0 Å². The zero-order valence-corrected chi connectivity index (χ0v) is 19.6. The third-order valence-electron chi connectivity index (χ3n) is 5.70. The maximum atomic E-state index is 12.6. The predicted octanol–water partition coefficient (Wildman–Crippen LogP) is 3.43. The Labute approximate surface area is 194 Å². The van der Waals surface area contributed by atoms with Gasteiger partial charge in [-0.1, -0.05) is 0 Å². The van der Waals surface area contributed by atoms with Crippen LogP contribution in [0.4, 0.5) is 5.82 Å². The van der Waals surface area contributed by atoms with Gasteiger partial charge in [0.25, 0.3) is 11.8 Å². The van der Waals surface area contributed by atoms with E-state index in [0.29, 0.717) is 11.6 Å². The van der Waals surface area contributed by atoms with Crippen molar-refractivity contribution in [3.63, 3.8) is 0 Å². The fourth-order valence-electron chi connectivity index (χ4n) is 4.04. The number of likely N-dealkylation sites (tertiary alicyclic amines) is 1. The smallest absolute Gasteiger partial charge is 0.338 e. The summed E-state index contributed by atoms with van der Waals surface area (Å²) in [6, 6.07) is 8.48. The van der Waals surface area contributed by atoms with Gasteiger partial charge in [0.15, 0.2) is 13.2 Å². The van der Waals surface area contributed by atoms with Gasteiger partial charge in [-0.25, -0.2) is 9.48 Å². The topological polar surface area (TPSA) is 103 Å². The summed E-state index contributed by atoms with van der Waals surface area (Å²) >= 11 is 0. The number of ether oxygens (including phenoxy) is 2. The summed E-state index contributed by atoms with van der Waals surface area (Å²) in [7, 11) is 0. The molecule has 3 rings (SSSR count). The fourth-order valence-corrected chi connectivity index (χ4v) is 4.04. The standard InChI is InChI=1S/C24H32N4O5/c1-16(2)28-21(12-13-25-28)26-22(29)14-33-24(31)19-8-10-20(11-9-19)32-15-23(30)27-17(3)6-5-7-18(27)4/h8-13,16-18H,5-7,14-15H2,1-4H3,(H,26,29). The number of anilines is 1. The van der Waals surface area contributed by atoms with Crippen LogP contribution in [-0.4, -0.2) is 57.8 Å². The Balaban J connectivity index is 1.46. The second-order valence-corrected chi connectivity index (χ2v) is 8.62. The highest BCUT2D eigenvalue weighted by molar-refractivity contribution is 5.95. The van der Waals surface area contributed by atoms with Crippen LogP contribution < -0.4 is 10.1 Å². The Morgan fingerprint density at radius 3 is 2.36 bits per heavy atom. The normalized spacial score (nSPS) is 18.2. The minimum atomic E-state index is -0.624. The molecular formula is C24H32N4O5. The number of esters is 1. The Hall–Kier alpha value is -3.36. The number of piperidine rings is 1. The quantitative estimate of drug-likeness (QED) is 0.611. The highest BCUT2D eigenvalue weighted by Gasteiger charge is 2.29. The number of hydrogen-bond acceptors (Lipinski definition) is 6. The van der Waals surface area contributed by atoms with Gasteiger partial charge < -0.3 is 19.7 Å². The van der Waals surface area contributed by atoms with Crippen LogP contribution in [0.1, 0.15) is 63.4 Å². The lowest BCUT2D eigenvalue weighted by Crippen LogP contribution is -2.49. The van der Waals surface area contributed by atoms with Crippen LogP contribution in [0.5, 0.6) is 5.75 Å². The van der Waals surface area contributed by atoms with Gasteiger partial charge in [-0.2, -0.15) is 5.10 Å². The number of nitrogens with one attached hydrogen (secondary N) is 1. The summed E-state index contributed by atoms with van der Waals surface area (Å²) in [4.78, 5) is 38.8. The van der Waals surface area contributed by atoms with E-state index in [9.17, 15) is 14.4 Å². The van der Waals surface area contributed by atoms with E-state index in [1.807, 2.05) is 18.7 Å². The van der Waals surface area contributed by atoms with Crippen molar-refractivity contribution in [2.24, 2.45) is 0 Å². The van der Waals surface area contributed by atoms with Crippen molar-refractivity contribution < 1.29 is 23.9 Å². The highest BCUT2D eigenvalue weighted by Crippen LogP contribution is 2.23. The minimum Gasteiger partial charge on any atom is -0.484 e. The number of benzene rings is 1. The molecule has 178 valence electrons. The van der Waals surface area contributed by atoms with Gasteiger partial charge in [0.1, 0.15) is 11.6 Å². The zero-order chi connectivity index (χ0) is 24.0. The summed E-state index contributed by atoms with van der Waals surface area (Å²) < 4.78 is 12.4. The van der Waals surface area contributed by atoms with Gasteiger partial charge >= 0.3 is 5.97 Å². The molecular weight excluding hydrogens is 424 g/mol. The van der Waals surface area contributed by atoms with Crippen molar-refractivity contribution in [1.82, 2.24) is 14.7 Å². The average molecular weight is 457 g/mol. The molecule has 1 fully saturated rings. The summed E-state index contributed by atoms with van der Waals surface area (Å²) in [5, 5.41) is 6.81. The maximum Gasteiger partial charge on any atom is 0.338 e. The van der Waals surface area contributed by atoms with Crippen molar-refractivity contribution in [2.45, 2.75) is 65.1 Å². The second kappa shape index (κ2) is 11.0. The van der Waals surface area contributed by atoms with Crippen molar-refractivity contribution in [3.05, 3.63) is 42.1 Å². The van der Waals surface area contributed by atoms with Crippen LogP contribution in [0.3, 0.4) is 0 Å². The molecule has 9 heteroatoms. The van der Waals surface area contributed by atoms with Crippen molar-refractivity contribution in [2.75, 3.05) is 18.5 Å². The Morgan fingerprint density at radius 1 is 1.06 bits per heavy atom. The van der Waals surface area contributed by atoms with Gasteiger partial charge in [-0.05, 0) is 71.2 Å². The largest absolute Gasteiger partial charge is 0.484 e. The first-order chi connectivity index (χ1) is 15.8. The predicted molar refractivity (Wildman–Crippen MR) is 123 cm³/mol. The van der Waals surface area contributed by atoms with Crippen LogP contribution in [0.15, 0.2) is 36.5 Å². The fraction of sp³-hybridized carbons (Fsp3) is 0.500. The molecule has 0 spiro atoms. The monoisotopic (exact) mass is 456 g/mol. The van der Waals surface area contributed by atoms with E-state index in [1.165, 1.54) is 0 Å². The van der Waals surface area contributed by atoms with Gasteiger partial charge in [-0.3, -0.25) is 9.59 Å². The first kappa shape index (κ1) is 24.3. The van der Waals surface area contributed by atoms with Gasteiger partial charge in [0.05, 0.1) is 11.8 Å². The average Bonchev–Trinajstić information content (AvgIpc) is 3.24. The Morgan fingerprint density at radius 2 is 1.73 bits per heavy atom. The second-order valence-electron chi connectivity index (χ2n) is 8.62. The van der Waals surface area contributed by atoms with Crippen molar-refractivity contribution in [3.8, 4) is 5.75 Å². The van der Waals surface area contributed by atoms with E-state index in [1.54, 1.807) is 41.2 Å².